The molecule has 0 spiro atoms. The van der Waals surface area contributed by atoms with E-state index in [1.54, 1.807) is 0 Å². The van der Waals surface area contributed by atoms with Crippen LogP contribution in [-0.4, -0.2) is 25.0 Å². The maximum atomic E-state index is 12.3. The van der Waals surface area contributed by atoms with E-state index in [2.05, 4.69) is 17.1 Å². The van der Waals surface area contributed by atoms with Crippen molar-refractivity contribution in [1.82, 2.24) is 5.32 Å². The predicted octanol–water partition coefficient (Wildman–Crippen LogP) is 2.93. The van der Waals surface area contributed by atoms with Gasteiger partial charge in [0.05, 0.1) is 17.9 Å². The van der Waals surface area contributed by atoms with E-state index < -0.39 is 0 Å². The molecule has 21 heavy (non-hydrogen) atoms. The molecule has 3 N–H and O–H groups in total. The molecule has 1 aromatic rings. The van der Waals surface area contributed by atoms with Crippen LogP contribution in [0.5, 0.6) is 0 Å². The second-order valence-corrected chi connectivity index (χ2v) is 5.88. The Morgan fingerprint density at radius 1 is 1.29 bits per heavy atom. The van der Waals surface area contributed by atoms with Crippen LogP contribution in [0.15, 0.2) is 24.3 Å². The van der Waals surface area contributed by atoms with Gasteiger partial charge in [-0.3, -0.25) is 4.79 Å². The summed E-state index contributed by atoms with van der Waals surface area (Å²) >= 11 is 0. The van der Waals surface area contributed by atoms with Crippen molar-refractivity contribution in [2.24, 2.45) is 0 Å². The van der Waals surface area contributed by atoms with Crippen LogP contribution < -0.4 is 16.0 Å². The second kappa shape index (κ2) is 7.91. The minimum atomic E-state index is 0.110. The fraction of sp³-hybridized carbons (Fsp3) is 0.588. The van der Waals surface area contributed by atoms with Crippen LogP contribution in [0.3, 0.4) is 0 Å². The lowest BCUT2D eigenvalue weighted by atomic mass is 9.95. The number of rotatable bonds is 6. The summed E-state index contributed by atoms with van der Waals surface area (Å²) in [7, 11) is 0. The highest BCUT2D eigenvalue weighted by atomic mass is 16.2. The number of para-hydroxylation sites is 2. The molecule has 0 aliphatic heterocycles. The van der Waals surface area contributed by atoms with E-state index in [1.165, 1.54) is 19.3 Å². The minimum absolute atomic E-state index is 0.110. The van der Waals surface area contributed by atoms with E-state index in [9.17, 15) is 4.79 Å². The zero-order valence-electron chi connectivity index (χ0n) is 13.0. The summed E-state index contributed by atoms with van der Waals surface area (Å²) in [6, 6.07) is 8.12. The summed E-state index contributed by atoms with van der Waals surface area (Å²) < 4.78 is 0. The van der Waals surface area contributed by atoms with Gasteiger partial charge in [-0.1, -0.05) is 38.3 Å². The number of nitrogens with one attached hydrogen (secondary N) is 1. The molecule has 0 bridgehead atoms. The Morgan fingerprint density at radius 2 is 2.00 bits per heavy atom. The Bertz CT molecular complexity index is 455. The van der Waals surface area contributed by atoms with Crippen LogP contribution >= 0.6 is 0 Å². The molecular weight excluding hydrogens is 262 g/mol. The quantitative estimate of drug-likeness (QED) is 0.792. The SMILES string of the molecule is CCCN(CC(=O)NC1CCCCC1)c1ccccc1N. The van der Waals surface area contributed by atoms with Gasteiger partial charge >= 0.3 is 0 Å². The lowest BCUT2D eigenvalue weighted by Crippen LogP contribution is -2.43. The molecule has 116 valence electrons. The number of amides is 1. The molecule has 1 amide bonds. The molecule has 0 heterocycles. The van der Waals surface area contributed by atoms with E-state index >= 15 is 0 Å². The number of nitrogen functional groups attached to an aromatic ring is 1. The Labute approximate surface area is 127 Å². The Morgan fingerprint density at radius 3 is 2.67 bits per heavy atom. The third kappa shape index (κ3) is 4.66. The van der Waals surface area contributed by atoms with Gasteiger partial charge in [-0.2, -0.15) is 0 Å². The number of hydrogen-bond acceptors (Lipinski definition) is 3. The highest BCUT2D eigenvalue weighted by Gasteiger charge is 2.18. The van der Waals surface area contributed by atoms with Crippen molar-refractivity contribution in [2.75, 3.05) is 23.7 Å². The highest BCUT2D eigenvalue weighted by molar-refractivity contribution is 5.83. The van der Waals surface area contributed by atoms with Crippen molar-refractivity contribution in [3.05, 3.63) is 24.3 Å². The average molecular weight is 289 g/mol. The van der Waals surface area contributed by atoms with Crippen molar-refractivity contribution >= 4 is 17.3 Å². The Hall–Kier alpha value is -1.71. The topological polar surface area (TPSA) is 58.4 Å². The smallest absolute Gasteiger partial charge is 0.239 e. The molecule has 1 fully saturated rings. The number of benzene rings is 1. The fourth-order valence-electron chi connectivity index (χ4n) is 3.02. The molecule has 0 aromatic heterocycles. The van der Waals surface area contributed by atoms with Crippen molar-refractivity contribution in [3.63, 3.8) is 0 Å². The maximum absolute atomic E-state index is 12.3. The molecule has 0 atom stereocenters. The molecule has 0 saturated heterocycles. The molecule has 1 aromatic carbocycles. The number of carbonyl (C=O) groups excluding carboxylic acids is 1. The first kappa shape index (κ1) is 15.7. The van der Waals surface area contributed by atoms with E-state index in [-0.39, 0.29) is 5.91 Å². The highest BCUT2D eigenvalue weighted by Crippen LogP contribution is 2.22. The van der Waals surface area contributed by atoms with Crippen LogP contribution in [0.2, 0.25) is 0 Å². The largest absolute Gasteiger partial charge is 0.397 e. The average Bonchev–Trinajstić information content (AvgIpc) is 2.48. The van der Waals surface area contributed by atoms with Crippen LogP contribution in [-0.2, 0) is 4.79 Å². The molecule has 4 nitrogen and oxygen atoms in total. The Kier molecular flexibility index (Phi) is 5.90. The molecule has 0 radical (unpaired) electrons. The van der Waals surface area contributed by atoms with Crippen molar-refractivity contribution in [1.29, 1.82) is 0 Å². The van der Waals surface area contributed by atoms with Crippen molar-refractivity contribution < 1.29 is 4.79 Å². The monoisotopic (exact) mass is 289 g/mol. The molecule has 0 unspecified atom stereocenters. The van der Waals surface area contributed by atoms with Crippen LogP contribution in [0.1, 0.15) is 45.4 Å². The number of nitrogens with two attached hydrogens (primary N) is 1. The Balaban J connectivity index is 1.95. The van der Waals surface area contributed by atoms with Gasteiger partial charge in [0.15, 0.2) is 0 Å². The summed E-state index contributed by atoms with van der Waals surface area (Å²) in [5.41, 5.74) is 7.73. The number of nitrogens with zero attached hydrogens (tertiary/aromatic N) is 1. The molecule has 1 aliphatic rings. The number of anilines is 2. The van der Waals surface area contributed by atoms with Crippen LogP contribution in [0, 0.1) is 0 Å². The fourth-order valence-corrected chi connectivity index (χ4v) is 3.02. The summed E-state index contributed by atoms with van der Waals surface area (Å²) in [4.78, 5) is 14.4. The summed E-state index contributed by atoms with van der Waals surface area (Å²) in [5, 5.41) is 3.18. The minimum Gasteiger partial charge on any atom is -0.397 e. The molecular formula is C17H27N3O. The first-order valence-corrected chi connectivity index (χ1v) is 8.09. The third-order valence-corrected chi connectivity index (χ3v) is 4.08. The first-order chi connectivity index (χ1) is 10.2. The molecule has 1 saturated carbocycles. The third-order valence-electron chi connectivity index (χ3n) is 4.08. The van der Waals surface area contributed by atoms with Gasteiger partial charge in [-0.05, 0) is 31.4 Å². The summed E-state index contributed by atoms with van der Waals surface area (Å²) in [5.74, 6) is 0.110. The first-order valence-electron chi connectivity index (χ1n) is 8.09. The lowest BCUT2D eigenvalue weighted by Gasteiger charge is -2.27. The van der Waals surface area contributed by atoms with Crippen molar-refractivity contribution in [2.45, 2.75) is 51.5 Å². The van der Waals surface area contributed by atoms with E-state index in [1.807, 2.05) is 24.3 Å². The van der Waals surface area contributed by atoms with E-state index in [0.29, 0.717) is 12.6 Å². The van der Waals surface area contributed by atoms with Crippen molar-refractivity contribution in [3.8, 4) is 0 Å². The summed E-state index contributed by atoms with van der Waals surface area (Å²) in [6.07, 6.45) is 6.99. The molecule has 1 aliphatic carbocycles. The van der Waals surface area contributed by atoms with Gasteiger partial charge in [-0.15, -0.1) is 0 Å². The molecule has 2 rings (SSSR count). The van der Waals surface area contributed by atoms with Gasteiger partial charge in [0.2, 0.25) is 5.91 Å². The van der Waals surface area contributed by atoms with Crippen LogP contribution in [0.25, 0.3) is 0 Å². The van der Waals surface area contributed by atoms with Gasteiger partial charge in [0, 0.05) is 12.6 Å². The number of carbonyl (C=O) groups is 1. The summed E-state index contributed by atoms with van der Waals surface area (Å²) in [6.45, 7) is 3.34. The van der Waals surface area contributed by atoms with E-state index in [0.717, 1.165) is 37.2 Å². The van der Waals surface area contributed by atoms with Gasteiger partial charge in [-0.25, -0.2) is 0 Å². The standard InChI is InChI=1S/C17H27N3O/c1-2-12-20(16-11-7-6-10-15(16)18)13-17(21)19-14-8-4-3-5-9-14/h6-7,10-11,14H,2-5,8-9,12-13,18H2,1H3,(H,19,21). The van der Waals surface area contributed by atoms with E-state index in [4.69, 9.17) is 5.73 Å². The number of hydrogen-bond donors (Lipinski definition) is 2. The lowest BCUT2D eigenvalue weighted by molar-refractivity contribution is -0.120. The van der Waals surface area contributed by atoms with Gasteiger partial charge < -0.3 is 16.0 Å². The predicted molar refractivity (Wildman–Crippen MR) is 88.4 cm³/mol. The molecule has 4 heteroatoms. The van der Waals surface area contributed by atoms with Gasteiger partial charge in [0.25, 0.3) is 0 Å². The normalized spacial score (nSPS) is 15.7. The van der Waals surface area contributed by atoms with Gasteiger partial charge in [0.1, 0.15) is 0 Å². The zero-order valence-corrected chi connectivity index (χ0v) is 13.0. The zero-order chi connectivity index (χ0) is 15.1. The van der Waals surface area contributed by atoms with Crippen LogP contribution in [0.4, 0.5) is 11.4 Å². The maximum Gasteiger partial charge on any atom is 0.239 e. The second-order valence-electron chi connectivity index (χ2n) is 5.88.